The molecular formula is C15H22ClN3O3. The first-order valence-electron chi connectivity index (χ1n) is 7.28. The average molecular weight is 328 g/mol. The van der Waals surface area contributed by atoms with Crippen molar-refractivity contribution in [1.29, 1.82) is 0 Å². The largest absolute Gasteiger partial charge is 0.496 e. The SMILES string of the molecule is COc1cc(N)c(Cl)cc1C(=O)NC1CCN(C(C)O)CC1. The van der Waals surface area contributed by atoms with E-state index in [0.29, 0.717) is 22.0 Å². The Bertz CT molecular complexity index is 543. The van der Waals surface area contributed by atoms with Crippen molar-refractivity contribution in [1.82, 2.24) is 10.2 Å². The molecule has 1 aliphatic heterocycles. The van der Waals surface area contributed by atoms with Gasteiger partial charge in [0.25, 0.3) is 5.91 Å². The fraction of sp³-hybridized carbons (Fsp3) is 0.533. The summed E-state index contributed by atoms with van der Waals surface area (Å²) in [5.41, 5.74) is 6.47. The molecule has 0 radical (unpaired) electrons. The van der Waals surface area contributed by atoms with Crippen LogP contribution >= 0.6 is 11.6 Å². The topological polar surface area (TPSA) is 87.8 Å². The van der Waals surface area contributed by atoms with Gasteiger partial charge in [-0.05, 0) is 25.8 Å². The first kappa shape index (κ1) is 16.9. The number of likely N-dealkylation sites (tertiary alicyclic amines) is 1. The molecule has 1 aromatic carbocycles. The molecule has 1 aliphatic rings. The minimum absolute atomic E-state index is 0.0727. The van der Waals surface area contributed by atoms with Gasteiger partial charge in [0.2, 0.25) is 0 Å². The van der Waals surface area contributed by atoms with Crippen LogP contribution in [-0.2, 0) is 0 Å². The van der Waals surface area contributed by atoms with Crippen LogP contribution < -0.4 is 15.8 Å². The summed E-state index contributed by atoms with van der Waals surface area (Å²) in [6, 6.07) is 3.15. The molecule has 0 aliphatic carbocycles. The lowest BCUT2D eigenvalue weighted by Crippen LogP contribution is -2.47. The first-order valence-corrected chi connectivity index (χ1v) is 7.66. The van der Waals surface area contributed by atoms with E-state index in [9.17, 15) is 9.90 Å². The number of amides is 1. The molecule has 22 heavy (non-hydrogen) atoms. The van der Waals surface area contributed by atoms with Gasteiger partial charge in [-0.15, -0.1) is 0 Å². The Morgan fingerprint density at radius 1 is 1.50 bits per heavy atom. The molecule has 0 bridgehead atoms. The highest BCUT2D eigenvalue weighted by atomic mass is 35.5. The number of ether oxygens (including phenoxy) is 1. The summed E-state index contributed by atoms with van der Waals surface area (Å²) in [6.45, 7) is 3.25. The van der Waals surface area contributed by atoms with Crippen molar-refractivity contribution in [3.05, 3.63) is 22.7 Å². The number of aliphatic hydroxyl groups excluding tert-OH is 1. The van der Waals surface area contributed by atoms with Gasteiger partial charge in [0.15, 0.2) is 0 Å². The minimum Gasteiger partial charge on any atom is -0.496 e. The number of methoxy groups -OCH3 is 1. The maximum Gasteiger partial charge on any atom is 0.255 e. The van der Waals surface area contributed by atoms with Gasteiger partial charge in [-0.2, -0.15) is 0 Å². The predicted octanol–water partition coefficient (Wildman–Crippen LogP) is 1.46. The molecule has 1 heterocycles. The molecule has 0 aromatic heterocycles. The molecule has 0 saturated carbocycles. The number of carbonyl (C=O) groups is 1. The third-order valence-electron chi connectivity index (χ3n) is 3.96. The molecule has 0 spiro atoms. The lowest BCUT2D eigenvalue weighted by Gasteiger charge is -2.34. The molecule has 1 amide bonds. The smallest absolute Gasteiger partial charge is 0.255 e. The van der Waals surface area contributed by atoms with Crippen LogP contribution in [0.25, 0.3) is 0 Å². The van der Waals surface area contributed by atoms with Crippen LogP contribution in [0.5, 0.6) is 5.75 Å². The van der Waals surface area contributed by atoms with E-state index in [1.807, 2.05) is 4.90 Å². The van der Waals surface area contributed by atoms with Gasteiger partial charge in [0.1, 0.15) is 12.0 Å². The Hall–Kier alpha value is -1.50. The summed E-state index contributed by atoms with van der Waals surface area (Å²) < 4.78 is 5.20. The highest BCUT2D eigenvalue weighted by Crippen LogP contribution is 2.29. The monoisotopic (exact) mass is 327 g/mol. The number of nitrogens with two attached hydrogens (primary N) is 1. The number of hydrogen-bond acceptors (Lipinski definition) is 5. The van der Waals surface area contributed by atoms with Gasteiger partial charge >= 0.3 is 0 Å². The highest BCUT2D eigenvalue weighted by molar-refractivity contribution is 6.33. The Morgan fingerprint density at radius 2 is 2.14 bits per heavy atom. The molecule has 2 rings (SSSR count). The van der Waals surface area contributed by atoms with Crippen LogP contribution in [0.3, 0.4) is 0 Å². The Morgan fingerprint density at radius 3 is 2.68 bits per heavy atom. The summed E-state index contributed by atoms with van der Waals surface area (Å²) in [5.74, 6) is 0.176. The lowest BCUT2D eigenvalue weighted by molar-refractivity contribution is 0.00141. The zero-order chi connectivity index (χ0) is 16.3. The summed E-state index contributed by atoms with van der Waals surface area (Å²) in [5, 5.41) is 12.9. The van der Waals surface area contributed by atoms with E-state index in [0.717, 1.165) is 25.9 Å². The quantitative estimate of drug-likeness (QED) is 0.729. The van der Waals surface area contributed by atoms with Crippen LogP contribution in [-0.4, -0.2) is 48.4 Å². The van der Waals surface area contributed by atoms with E-state index < -0.39 is 6.23 Å². The number of hydrogen-bond donors (Lipinski definition) is 3. The van der Waals surface area contributed by atoms with E-state index in [2.05, 4.69) is 5.32 Å². The first-order chi connectivity index (χ1) is 10.4. The van der Waals surface area contributed by atoms with Crippen molar-refractivity contribution in [2.45, 2.75) is 32.0 Å². The number of halogens is 1. The normalized spacial score (nSPS) is 18.0. The summed E-state index contributed by atoms with van der Waals surface area (Å²) in [7, 11) is 1.49. The van der Waals surface area contributed by atoms with Crippen LogP contribution in [0.1, 0.15) is 30.1 Å². The third-order valence-corrected chi connectivity index (χ3v) is 4.28. The number of aliphatic hydroxyl groups is 1. The lowest BCUT2D eigenvalue weighted by atomic mass is 10.0. The Kier molecular flexibility index (Phi) is 5.50. The standard InChI is InChI=1S/C15H22ClN3O3/c1-9(20)19-5-3-10(4-6-19)18-15(21)11-7-12(16)13(17)8-14(11)22-2/h7-10,20H,3-6,17H2,1-2H3,(H,18,21). The van der Waals surface area contributed by atoms with Crippen molar-refractivity contribution in [2.75, 3.05) is 25.9 Å². The Balaban J connectivity index is 2.03. The van der Waals surface area contributed by atoms with Crippen molar-refractivity contribution in [2.24, 2.45) is 0 Å². The van der Waals surface area contributed by atoms with E-state index in [4.69, 9.17) is 22.1 Å². The van der Waals surface area contributed by atoms with Crippen molar-refractivity contribution in [3.8, 4) is 5.75 Å². The molecule has 1 saturated heterocycles. The zero-order valence-corrected chi connectivity index (χ0v) is 13.6. The zero-order valence-electron chi connectivity index (χ0n) is 12.8. The van der Waals surface area contributed by atoms with Crippen LogP contribution in [0.2, 0.25) is 5.02 Å². The highest BCUT2D eigenvalue weighted by Gasteiger charge is 2.24. The molecule has 6 nitrogen and oxygen atoms in total. The molecule has 1 aromatic rings. The molecule has 4 N–H and O–H groups in total. The molecule has 7 heteroatoms. The van der Waals surface area contributed by atoms with Crippen molar-refractivity contribution >= 4 is 23.2 Å². The predicted molar refractivity (Wildman–Crippen MR) is 86.2 cm³/mol. The van der Waals surface area contributed by atoms with Crippen LogP contribution in [0, 0.1) is 0 Å². The molecule has 1 atom stereocenters. The van der Waals surface area contributed by atoms with E-state index in [-0.39, 0.29) is 11.9 Å². The molecule has 1 fully saturated rings. The number of nitrogens with one attached hydrogen (secondary N) is 1. The van der Waals surface area contributed by atoms with E-state index in [1.54, 1.807) is 13.0 Å². The van der Waals surface area contributed by atoms with Gasteiger partial charge in [0.05, 0.1) is 23.4 Å². The van der Waals surface area contributed by atoms with Gasteiger partial charge in [-0.25, -0.2) is 0 Å². The number of nitrogen functional groups attached to an aromatic ring is 1. The molecule has 1 unspecified atom stereocenters. The van der Waals surface area contributed by atoms with Gasteiger partial charge in [0, 0.05) is 25.2 Å². The number of benzene rings is 1. The summed E-state index contributed by atoms with van der Waals surface area (Å²) >= 11 is 5.99. The molecular weight excluding hydrogens is 306 g/mol. The average Bonchev–Trinajstić information content (AvgIpc) is 2.50. The van der Waals surface area contributed by atoms with Crippen molar-refractivity contribution in [3.63, 3.8) is 0 Å². The van der Waals surface area contributed by atoms with Crippen LogP contribution in [0.15, 0.2) is 12.1 Å². The number of piperidine rings is 1. The third kappa shape index (κ3) is 3.82. The maximum absolute atomic E-state index is 12.4. The maximum atomic E-state index is 12.4. The van der Waals surface area contributed by atoms with Gasteiger partial charge in [-0.3, -0.25) is 9.69 Å². The van der Waals surface area contributed by atoms with E-state index >= 15 is 0 Å². The number of carbonyl (C=O) groups excluding carboxylic acids is 1. The second-order valence-corrected chi connectivity index (χ2v) is 5.90. The van der Waals surface area contributed by atoms with Crippen molar-refractivity contribution < 1.29 is 14.6 Å². The van der Waals surface area contributed by atoms with Gasteiger partial charge in [-0.1, -0.05) is 11.6 Å². The fourth-order valence-electron chi connectivity index (χ4n) is 2.60. The fourth-order valence-corrected chi connectivity index (χ4v) is 2.76. The van der Waals surface area contributed by atoms with E-state index in [1.165, 1.54) is 13.2 Å². The summed E-state index contributed by atoms with van der Waals surface area (Å²) in [6.07, 6.45) is 1.14. The second kappa shape index (κ2) is 7.17. The Labute approximate surface area is 135 Å². The minimum atomic E-state index is -0.451. The second-order valence-electron chi connectivity index (χ2n) is 5.49. The molecule has 122 valence electrons. The van der Waals surface area contributed by atoms with Gasteiger partial charge < -0.3 is 20.9 Å². The number of rotatable bonds is 4. The van der Waals surface area contributed by atoms with Crippen LogP contribution in [0.4, 0.5) is 5.69 Å². The number of nitrogens with zero attached hydrogens (tertiary/aromatic N) is 1. The number of anilines is 1. The summed E-state index contributed by atoms with van der Waals surface area (Å²) in [4.78, 5) is 14.4.